The predicted octanol–water partition coefficient (Wildman–Crippen LogP) is 2.74. The van der Waals surface area contributed by atoms with Crippen LogP contribution in [0.3, 0.4) is 0 Å². The zero-order valence-electron chi connectivity index (χ0n) is 19.4. The van der Waals surface area contributed by atoms with E-state index in [4.69, 9.17) is 0 Å². The van der Waals surface area contributed by atoms with Gasteiger partial charge in [0.2, 0.25) is 0 Å². The number of amides is 1. The van der Waals surface area contributed by atoms with Crippen molar-refractivity contribution in [2.45, 2.75) is 37.1 Å². The van der Waals surface area contributed by atoms with E-state index in [1.165, 1.54) is 18.7 Å². The standard InChI is InChI=1S/C21H26N2O2.C5H12N2/c1-22-17-11-13-21(14-12-17,16-7-3-2-4-8-16)15-23-20(25)18-9-5-6-10-19(18)24;1-7-4-2-6-3-5-7/h2-10,17,22,24H,11-15H2,1H3,(H,23,25);6H,2-5H2,1H3. The number of carbonyl (C=O) groups is 1. The molecule has 2 fully saturated rings. The smallest absolute Gasteiger partial charge is 0.255 e. The van der Waals surface area contributed by atoms with Crippen molar-refractivity contribution in [3.05, 3.63) is 65.7 Å². The van der Waals surface area contributed by atoms with Gasteiger partial charge in [-0.15, -0.1) is 0 Å². The van der Waals surface area contributed by atoms with Crippen LogP contribution in [0.2, 0.25) is 0 Å². The molecule has 1 heterocycles. The lowest BCUT2D eigenvalue weighted by molar-refractivity contribution is 0.0932. The Balaban J connectivity index is 0.000000352. The molecule has 0 bridgehead atoms. The minimum atomic E-state index is -0.218. The number of nitrogens with one attached hydrogen (secondary N) is 3. The highest BCUT2D eigenvalue weighted by Gasteiger charge is 2.36. The first-order chi connectivity index (χ1) is 15.5. The number of para-hydroxylation sites is 1. The minimum absolute atomic E-state index is 0.0210. The average molecular weight is 439 g/mol. The van der Waals surface area contributed by atoms with Crippen LogP contribution in [0.1, 0.15) is 41.6 Å². The second kappa shape index (κ2) is 12.0. The Bertz CT molecular complexity index is 829. The fraction of sp³-hybridized carbons (Fsp3) is 0.500. The van der Waals surface area contributed by atoms with E-state index in [0.29, 0.717) is 18.2 Å². The summed E-state index contributed by atoms with van der Waals surface area (Å²) < 4.78 is 0. The number of hydrogen-bond donors (Lipinski definition) is 4. The summed E-state index contributed by atoms with van der Waals surface area (Å²) in [5, 5.41) is 19.6. The van der Waals surface area contributed by atoms with E-state index >= 15 is 0 Å². The quantitative estimate of drug-likeness (QED) is 0.578. The molecule has 1 saturated heterocycles. The molecule has 6 heteroatoms. The number of phenols is 1. The molecule has 4 rings (SSSR count). The highest BCUT2D eigenvalue weighted by molar-refractivity contribution is 5.96. The Morgan fingerprint density at radius 3 is 2.25 bits per heavy atom. The third kappa shape index (κ3) is 6.55. The lowest BCUT2D eigenvalue weighted by Crippen LogP contribution is -2.46. The van der Waals surface area contributed by atoms with Crippen LogP contribution in [0.15, 0.2) is 54.6 Å². The van der Waals surface area contributed by atoms with Gasteiger partial charge in [0.1, 0.15) is 5.75 Å². The summed E-state index contributed by atoms with van der Waals surface area (Å²) in [6, 6.07) is 17.7. The van der Waals surface area contributed by atoms with Gasteiger partial charge in [-0.25, -0.2) is 0 Å². The Morgan fingerprint density at radius 2 is 1.69 bits per heavy atom. The molecule has 1 saturated carbocycles. The van der Waals surface area contributed by atoms with E-state index in [0.717, 1.165) is 38.8 Å². The van der Waals surface area contributed by atoms with Gasteiger partial charge in [-0.3, -0.25) is 4.79 Å². The molecule has 0 radical (unpaired) electrons. The Morgan fingerprint density at radius 1 is 1.06 bits per heavy atom. The number of aromatic hydroxyl groups is 1. The monoisotopic (exact) mass is 438 g/mol. The molecule has 0 unspecified atom stereocenters. The second-order valence-electron chi connectivity index (χ2n) is 8.96. The third-order valence-corrected chi connectivity index (χ3v) is 6.81. The third-order valence-electron chi connectivity index (χ3n) is 6.81. The van der Waals surface area contributed by atoms with Crippen molar-refractivity contribution < 1.29 is 9.90 Å². The first kappa shape index (κ1) is 24.2. The summed E-state index contributed by atoms with van der Waals surface area (Å²) in [4.78, 5) is 14.8. The van der Waals surface area contributed by atoms with Gasteiger partial charge >= 0.3 is 0 Å². The molecule has 2 aromatic carbocycles. The molecule has 1 aliphatic carbocycles. The topological polar surface area (TPSA) is 76.6 Å². The summed E-state index contributed by atoms with van der Waals surface area (Å²) in [5.41, 5.74) is 1.56. The van der Waals surface area contributed by atoms with Gasteiger partial charge < -0.3 is 26.0 Å². The van der Waals surface area contributed by atoms with E-state index in [2.05, 4.69) is 52.2 Å². The van der Waals surface area contributed by atoms with Gasteiger partial charge in [-0.05, 0) is 57.5 Å². The fourth-order valence-corrected chi connectivity index (χ4v) is 4.61. The van der Waals surface area contributed by atoms with Crippen LogP contribution in [-0.4, -0.2) is 68.8 Å². The van der Waals surface area contributed by atoms with Crippen LogP contribution in [-0.2, 0) is 5.41 Å². The van der Waals surface area contributed by atoms with Crippen LogP contribution >= 0.6 is 0 Å². The molecule has 0 aromatic heterocycles. The number of phenolic OH excluding ortho intramolecular Hbond substituents is 1. The van der Waals surface area contributed by atoms with E-state index in [-0.39, 0.29) is 17.1 Å². The van der Waals surface area contributed by atoms with Crippen LogP contribution < -0.4 is 16.0 Å². The summed E-state index contributed by atoms with van der Waals surface area (Å²) in [6.45, 7) is 5.33. The van der Waals surface area contributed by atoms with Crippen LogP contribution in [0, 0.1) is 0 Å². The van der Waals surface area contributed by atoms with Gasteiger partial charge in [-0.2, -0.15) is 0 Å². The minimum Gasteiger partial charge on any atom is -0.507 e. The molecule has 2 aliphatic rings. The number of nitrogens with zero attached hydrogens (tertiary/aromatic N) is 1. The van der Waals surface area contributed by atoms with Crippen molar-refractivity contribution in [3.63, 3.8) is 0 Å². The van der Waals surface area contributed by atoms with Gasteiger partial charge in [0.15, 0.2) is 0 Å². The molecule has 0 atom stereocenters. The molecule has 32 heavy (non-hydrogen) atoms. The van der Waals surface area contributed by atoms with E-state index in [1.54, 1.807) is 24.3 Å². The highest BCUT2D eigenvalue weighted by Crippen LogP contribution is 2.39. The van der Waals surface area contributed by atoms with E-state index in [1.807, 2.05) is 13.1 Å². The summed E-state index contributed by atoms with van der Waals surface area (Å²) in [5.74, 6) is -0.197. The number of hydrogen-bond acceptors (Lipinski definition) is 5. The molecule has 1 amide bonds. The molecule has 4 N–H and O–H groups in total. The maximum absolute atomic E-state index is 12.5. The normalized spacial score (nSPS) is 23.6. The average Bonchev–Trinajstić information content (AvgIpc) is 2.84. The fourth-order valence-electron chi connectivity index (χ4n) is 4.61. The van der Waals surface area contributed by atoms with Gasteiger partial charge in [0.25, 0.3) is 5.91 Å². The number of benzene rings is 2. The molecule has 6 nitrogen and oxygen atoms in total. The molecule has 0 spiro atoms. The summed E-state index contributed by atoms with van der Waals surface area (Å²) in [6.07, 6.45) is 4.25. The van der Waals surface area contributed by atoms with Gasteiger partial charge in [-0.1, -0.05) is 42.5 Å². The Hall–Kier alpha value is -2.41. The van der Waals surface area contributed by atoms with Crippen molar-refractivity contribution >= 4 is 5.91 Å². The molecular formula is C26H38N4O2. The number of carbonyl (C=O) groups excluding carboxylic acids is 1. The van der Waals surface area contributed by atoms with E-state index in [9.17, 15) is 9.90 Å². The Labute approximate surface area is 192 Å². The summed E-state index contributed by atoms with van der Waals surface area (Å²) >= 11 is 0. The van der Waals surface area contributed by atoms with Crippen LogP contribution in [0.25, 0.3) is 0 Å². The van der Waals surface area contributed by atoms with Crippen molar-refractivity contribution in [1.82, 2.24) is 20.9 Å². The molecular weight excluding hydrogens is 400 g/mol. The lowest BCUT2D eigenvalue weighted by atomic mass is 9.68. The van der Waals surface area contributed by atoms with Crippen molar-refractivity contribution in [3.8, 4) is 5.75 Å². The van der Waals surface area contributed by atoms with Crippen molar-refractivity contribution in [1.29, 1.82) is 0 Å². The Kier molecular flexibility index (Phi) is 9.09. The first-order valence-electron chi connectivity index (χ1n) is 11.7. The van der Waals surface area contributed by atoms with Crippen LogP contribution in [0.4, 0.5) is 0 Å². The number of likely N-dealkylation sites (N-methyl/N-ethyl adjacent to an activating group) is 1. The zero-order chi connectivity index (χ0) is 22.8. The molecule has 2 aromatic rings. The number of piperazine rings is 1. The molecule has 174 valence electrons. The molecule has 1 aliphatic heterocycles. The van der Waals surface area contributed by atoms with Crippen molar-refractivity contribution in [2.24, 2.45) is 0 Å². The summed E-state index contributed by atoms with van der Waals surface area (Å²) in [7, 11) is 4.17. The highest BCUT2D eigenvalue weighted by atomic mass is 16.3. The van der Waals surface area contributed by atoms with Gasteiger partial charge in [0, 0.05) is 44.2 Å². The zero-order valence-corrected chi connectivity index (χ0v) is 19.4. The maximum atomic E-state index is 12.5. The largest absolute Gasteiger partial charge is 0.507 e. The number of rotatable bonds is 5. The van der Waals surface area contributed by atoms with Gasteiger partial charge in [0.05, 0.1) is 5.56 Å². The van der Waals surface area contributed by atoms with Crippen molar-refractivity contribution in [2.75, 3.05) is 46.8 Å². The van der Waals surface area contributed by atoms with Crippen LogP contribution in [0.5, 0.6) is 5.75 Å². The maximum Gasteiger partial charge on any atom is 0.255 e. The van der Waals surface area contributed by atoms with E-state index < -0.39 is 0 Å². The lowest BCUT2D eigenvalue weighted by Gasteiger charge is -2.41. The predicted molar refractivity (Wildman–Crippen MR) is 130 cm³/mol. The first-order valence-corrected chi connectivity index (χ1v) is 11.7. The second-order valence-corrected chi connectivity index (χ2v) is 8.96. The SMILES string of the molecule is CN1CCNCC1.CNC1CCC(CNC(=O)c2ccccc2O)(c2ccccc2)CC1.